The Labute approximate surface area is 129 Å². The lowest BCUT2D eigenvalue weighted by Gasteiger charge is -2.12. The first-order chi connectivity index (χ1) is 10.6. The number of hydrogen-bond acceptors (Lipinski definition) is 2. The van der Waals surface area contributed by atoms with Crippen LogP contribution in [0.15, 0.2) is 54.6 Å². The van der Waals surface area contributed by atoms with Gasteiger partial charge in [-0.15, -0.1) is 0 Å². The number of amides is 2. The number of urea groups is 1. The summed E-state index contributed by atoms with van der Waals surface area (Å²) in [5.74, 6) is 0. The highest BCUT2D eigenvalue weighted by molar-refractivity contribution is 6.05. The van der Waals surface area contributed by atoms with E-state index in [1.165, 1.54) is 0 Å². The molecule has 0 saturated heterocycles. The molecule has 2 amide bonds. The maximum absolute atomic E-state index is 12.2. The molecule has 2 aromatic carbocycles. The molecule has 4 heteroatoms. The molecule has 110 valence electrons. The van der Waals surface area contributed by atoms with Crippen molar-refractivity contribution >= 4 is 28.3 Å². The quantitative estimate of drug-likeness (QED) is 0.730. The number of nitrogens with one attached hydrogen (secondary N) is 2. The minimum Gasteiger partial charge on any atom is -0.307 e. The Morgan fingerprint density at radius 3 is 2.41 bits per heavy atom. The highest BCUT2D eigenvalue weighted by Crippen LogP contribution is 2.23. The zero-order valence-electron chi connectivity index (χ0n) is 12.6. The lowest BCUT2D eigenvalue weighted by atomic mass is 10.1. The summed E-state index contributed by atoms with van der Waals surface area (Å²) in [4.78, 5) is 16.7. The van der Waals surface area contributed by atoms with E-state index in [9.17, 15) is 4.79 Å². The fourth-order valence-electron chi connectivity index (χ4n) is 2.40. The van der Waals surface area contributed by atoms with Gasteiger partial charge < -0.3 is 10.6 Å². The Hall–Kier alpha value is -2.88. The molecule has 2 N–H and O–H groups in total. The van der Waals surface area contributed by atoms with E-state index in [-0.39, 0.29) is 6.03 Å². The van der Waals surface area contributed by atoms with Gasteiger partial charge in [-0.25, -0.2) is 4.79 Å². The van der Waals surface area contributed by atoms with Gasteiger partial charge in [-0.2, -0.15) is 0 Å². The van der Waals surface area contributed by atoms with E-state index in [2.05, 4.69) is 15.6 Å². The number of carbonyl (C=O) groups excluding carboxylic acids is 1. The van der Waals surface area contributed by atoms with Crippen LogP contribution in [0.5, 0.6) is 0 Å². The van der Waals surface area contributed by atoms with E-state index in [4.69, 9.17) is 0 Å². The van der Waals surface area contributed by atoms with Crippen molar-refractivity contribution in [3.8, 4) is 0 Å². The molecular weight excluding hydrogens is 274 g/mol. The van der Waals surface area contributed by atoms with Crippen LogP contribution in [0.3, 0.4) is 0 Å². The molecule has 0 bridgehead atoms. The Bertz CT molecular complexity index is 843. The Balaban J connectivity index is 1.87. The first kappa shape index (κ1) is 14.1. The molecule has 3 aromatic rings. The number of nitrogens with zero attached hydrogens (tertiary/aromatic N) is 1. The number of carbonyl (C=O) groups is 1. The molecule has 0 aliphatic heterocycles. The predicted molar refractivity (Wildman–Crippen MR) is 90.3 cm³/mol. The first-order valence-corrected chi connectivity index (χ1v) is 7.13. The van der Waals surface area contributed by atoms with Gasteiger partial charge in [-0.1, -0.05) is 36.4 Å². The van der Waals surface area contributed by atoms with E-state index < -0.39 is 0 Å². The standard InChI is InChI=1S/C18H17N3O/c1-12-7-3-5-9-15(12)20-18(22)21-17-11-13(2)19-16-10-6-4-8-14(16)17/h3-11H,1-2H3,(H2,19,20,21,22). The topological polar surface area (TPSA) is 54.0 Å². The number of aryl methyl sites for hydroxylation is 2. The van der Waals surface area contributed by atoms with Crippen LogP contribution < -0.4 is 10.6 Å². The third-order valence-corrected chi connectivity index (χ3v) is 3.49. The van der Waals surface area contributed by atoms with Crippen molar-refractivity contribution in [2.24, 2.45) is 0 Å². The number of anilines is 2. The third-order valence-electron chi connectivity index (χ3n) is 3.49. The number of fused-ring (bicyclic) bond motifs is 1. The molecule has 0 aliphatic carbocycles. The van der Waals surface area contributed by atoms with Crippen LogP contribution in [0.25, 0.3) is 10.9 Å². The minimum absolute atomic E-state index is 0.259. The second-order valence-electron chi connectivity index (χ2n) is 5.22. The van der Waals surface area contributed by atoms with Crippen LogP contribution in [0.1, 0.15) is 11.3 Å². The van der Waals surface area contributed by atoms with Crippen molar-refractivity contribution in [3.05, 3.63) is 65.9 Å². The van der Waals surface area contributed by atoms with E-state index in [1.54, 1.807) is 0 Å². The maximum atomic E-state index is 12.2. The molecule has 0 aliphatic rings. The van der Waals surface area contributed by atoms with E-state index >= 15 is 0 Å². The first-order valence-electron chi connectivity index (χ1n) is 7.13. The Morgan fingerprint density at radius 1 is 0.909 bits per heavy atom. The van der Waals surface area contributed by atoms with Crippen LogP contribution in [-0.4, -0.2) is 11.0 Å². The number of aromatic nitrogens is 1. The van der Waals surface area contributed by atoms with Crippen LogP contribution >= 0.6 is 0 Å². The van der Waals surface area contributed by atoms with Crippen molar-refractivity contribution in [3.63, 3.8) is 0 Å². The average Bonchev–Trinajstić information content (AvgIpc) is 2.49. The van der Waals surface area contributed by atoms with Crippen molar-refractivity contribution < 1.29 is 4.79 Å². The van der Waals surface area contributed by atoms with E-state index in [0.717, 1.165) is 33.5 Å². The van der Waals surface area contributed by atoms with Crippen molar-refractivity contribution in [2.75, 3.05) is 10.6 Å². The Morgan fingerprint density at radius 2 is 1.59 bits per heavy atom. The number of benzene rings is 2. The molecule has 0 spiro atoms. The second kappa shape index (κ2) is 5.85. The largest absolute Gasteiger partial charge is 0.323 e. The zero-order valence-corrected chi connectivity index (χ0v) is 12.6. The molecule has 4 nitrogen and oxygen atoms in total. The van der Waals surface area contributed by atoms with Gasteiger partial charge in [-0.3, -0.25) is 4.98 Å². The normalized spacial score (nSPS) is 10.5. The highest BCUT2D eigenvalue weighted by Gasteiger charge is 2.08. The van der Waals surface area contributed by atoms with Gasteiger partial charge in [0.15, 0.2) is 0 Å². The summed E-state index contributed by atoms with van der Waals surface area (Å²) in [6.07, 6.45) is 0. The lowest BCUT2D eigenvalue weighted by Crippen LogP contribution is -2.20. The van der Waals surface area contributed by atoms with E-state index in [0.29, 0.717) is 0 Å². The molecule has 3 rings (SSSR count). The van der Waals surface area contributed by atoms with Gasteiger partial charge in [0.25, 0.3) is 0 Å². The second-order valence-corrected chi connectivity index (χ2v) is 5.22. The molecule has 0 saturated carbocycles. The van der Waals surface area contributed by atoms with Crippen molar-refractivity contribution in [2.45, 2.75) is 13.8 Å². The van der Waals surface area contributed by atoms with Gasteiger partial charge in [0.1, 0.15) is 0 Å². The summed E-state index contributed by atoms with van der Waals surface area (Å²) in [6.45, 7) is 3.87. The monoisotopic (exact) mass is 291 g/mol. The van der Waals surface area contributed by atoms with Crippen LogP contribution in [0.2, 0.25) is 0 Å². The van der Waals surface area contributed by atoms with Crippen LogP contribution in [0, 0.1) is 13.8 Å². The smallest absolute Gasteiger partial charge is 0.307 e. The lowest BCUT2D eigenvalue weighted by molar-refractivity contribution is 0.262. The van der Waals surface area contributed by atoms with Gasteiger partial charge >= 0.3 is 6.03 Å². The number of rotatable bonds is 2. The van der Waals surface area contributed by atoms with Crippen molar-refractivity contribution in [1.29, 1.82) is 0 Å². The SMILES string of the molecule is Cc1cc(NC(=O)Nc2ccccc2C)c2ccccc2n1. The summed E-state index contributed by atoms with van der Waals surface area (Å²) in [6, 6.07) is 17.1. The molecular formula is C18H17N3O. The van der Waals surface area contributed by atoms with Gasteiger partial charge in [0.05, 0.1) is 11.2 Å². The maximum Gasteiger partial charge on any atom is 0.323 e. The summed E-state index contributed by atoms with van der Waals surface area (Å²) < 4.78 is 0. The van der Waals surface area contributed by atoms with Gasteiger partial charge in [-0.05, 0) is 37.6 Å². The Kier molecular flexibility index (Phi) is 3.74. The van der Waals surface area contributed by atoms with Crippen LogP contribution in [0.4, 0.5) is 16.2 Å². The zero-order chi connectivity index (χ0) is 15.5. The van der Waals surface area contributed by atoms with Crippen LogP contribution in [-0.2, 0) is 0 Å². The number of hydrogen-bond donors (Lipinski definition) is 2. The molecule has 1 aromatic heterocycles. The van der Waals surface area contributed by atoms with Gasteiger partial charge in [0, 0.05) is 16.8 Å². The summed E-state index contributed by atoms with van der Waals surface area (Å²) in [7, 11) is 0. The van der Waals surface area contributed by atoms with Crippen molar-refractivity contribution in [1.82, 2.24) is 4.98 Å². The average molecular weight is 291 g/mol. The molecule has 0 atom stereocenters. The third kappa shape index (κ3) is 2.91. The molecule has 0 radical (unpaired) electrons. The molecule has 1 heterocycles. The van der Waals surface area contributed by atoms with E-state index in [1.807, 2.05) is 68.4 Å². The minimum atomic E-state index is -0.259. The molecule has 0 fully saturated rings. The highest BCUT2D eigenvalue weighted by atomic mass is 16.2. The fraction of sp³-hybridized carbons (Fsp3) is 0.111. The molecule has 22 heavy (non-hydrogen) atoms. The fourth-order valence-corrected chi connectivity index (χ4v) is 2.40. The summed E-state index contributed by atoms with van der Waals surface area (Å²) >= 11 is 0. The summed E-state index contributed by atoms with van der Waals surface area (Å²) in [5.41, 5.74) is 4.32. The predicted octanol–water partition coefficient (Wildman–Crippen LogP) is 4.50. The molecule has 0 unspecified atom stereocenters. The number of pyridine rings is 1. The summed E-state index contributed by atoms with van der Waals surface area (Å²) in [5, 5.41) is 6.71. The number of para-hydroxylation sites is 2. The van der Waals surface area contributed by atoms with Gasteiger partial charge in [0.2, 0.25) is 0 Å².